The van der Waals surface area contributed by atoms with Crippen molar-refractivity contribution in [2.75, 3.05) is 0 Å². The molecule has 0 amide bonds. The molecule has 0 aromatic carbocycles. The molecule has 0 spiro atoms. The third-order valence-corrected chi connectivity index (χ3v) is 2.69. The first kappa shape index (κ1) is 9.61. The van der Waals surface area contributed by atoms with E-state index >= 15 is 0 Å². The predicted octanol–water partition coefficient (Wildman–Crippen LogP) is 1.66. The number of rotatable bonds is 3. The molecule has 3 nitrogen and oxygen atoms in total. The Hall–Kier alpha value is -0.480. The molecule has 1 heterocycles. The van der Waals surface area contributed by atoms with Crippen molar-refractivity contribution in [1.29, 1.82) is 0 Å². The summed E-state index contributed by atoms with van der Waals surface area (Å²) < 4.78 is 0. The van der Waals surface area contributed by atoms with E-state index in [0.29, 0.717) is 5.92 Å². The number of nitrogens with zero attached hydrogens (tertiary/aromatic N) is 2. The molecule has 12 heavy (non-hydrogen) atoms. The van der Waals surface area contributed by atoms with Crippen molar-refractivity contribution in [3.8, 4) is 0 Å². The molecular formula is C8H14N2OS. The van der Waals surface area contributed by atoms with Gasteiger partial charge in [0.05, 0.1) is 6.10 Å². The van der Waals surface area contributed by atoms with Gasteiger partial charge in [-0.15, -0.1) is 21.5 Å². The monoisotopic (exact) mass is 186 g/mol. The molecule has 4 heteroatoms. The average Bonchev–Trinajstić information content (AvgIpc) is 2.37. The minimum atomic E-state index is -0.349. The van der Waals surface area contributed by atoms with E-state index in [1.54, 1.807) is 12.4 Å². The van der Waals surface area contributed by atoms with Crippen molar-refractivity contribution in [3.63, 3.8) is 0 Å². The van der Waals surface area contributed by atoms with Crippen LogP contribution in [0.5, 0.6) is 0 Å². The van der Waals surface area contributed by atoms with Gasteiger partial charge >= 0.3 is 0 Å². The average molecular weight is 186 g/mol. The second kappa shape index (κ2) is 3.96. The third-order valence-electron chi connectivity index (χ3n) is 1.90. The van der Waals surface area contributed by atoms with Crippen molar-refractivity contribution in [3.05, 3.63) is 10.5 Å². The van der Waals surface area contributed by atoms with Crippen molar-refractivity contribution in [2.24, 2.45) is 5.92 Å². The molecule has 0 bridgehead atoms. The maximum Gasteiger partial charge on any atom is 0.123 e. The molecule has 1 aromatic heterocycles. The fourth-order valence-electron chi connectivity index (χ4n) is 1.38. The van der Waals surface area contributed by atoms with Crippen LogP contribution in [0.3, 0.4) is 0 Å². The maximum absolute atomic E-state index is 9.49. The molecule has 68 valence electrons. The Balaban J connectivity index is 2.81. The Morgan fingerprint density at radius 3 is 2.42 bits per heavy atom. The third kappa shape index (κ3) is 2.01. The van der Waals surface area contributed by atoms with E-state index in [0.717, 1.165) is 5.01 Å². The molecule has 0 aliphatic heterocycles. The molecule has 2 atom stereocenters. The summed E-state index contributed by atoms with van der Waals surface area (Å²) in [4.78, 5) is 0. The van der Waals surface area contributed by atoms with Crippen molar-refractivity contribution in [1.82, 2.24) is 10.2 Å². The summed E-state index contributed by atoms with van der Waals surface area (Å²) in [5.74, 6) is 0.524. The second-order valence-electron chi connectivity index (χ2n) is 3.29. The Bertz CT molecular complexity index is 213. The topological polar surface area (TPSA) is 46.0 Å². The molecular weight excluding hydrogens is 172 g/mol. The van der Waals surface area contributed by atoms with Gasteiger partial charge in [0, 0.05) is 5.92 Å². The van der Waals surface area contributed by atoms with Gasteiger partial charge in [0.1, 0.15) is 10.5 Å². The number of aromatic nitrogens is 2. The fourth-order valence-corrected chi connectivity index (χ4v) is 2.30. The minimum Gasteiger partial charge on any atom is -0.393 e. The lowest BCUT2D eigenvalue weighted by molar-refractivity contribution is 0.139. The summed E-state index contributed by atoms with van der Waals surface area (Å²) in [7, 11) is 0. The summed E-state index contributed by atoms with van der Waals surface area (Å²) in [6.45, 7) is 5.96. The normalized spacial score (nSPS) is 16.4. The van der Waals surface area contributed by atoms with Crippen molar-refractivity contribution >= 4 is 11.3 Å². The molecule has 1 rings (SSSR count). The van der Waals surface area contributed by atoms with Gasteiger partial charge < -0.3 is 5.11 Å². The van der Waals surface area contributed by atoms with E-state index in [1.807, 2.05) is 0 Å². The van der Waals surface area contributed by atoms with E-state index < -0.39 is 0 Å². The summed E-state index contributed by atoms with van der Waals surface area (Å²) in [5.41, 5.74) is 1.70. The Labute approximate surface area is 76.5 Å². The maximum atomic E-state index is 9.49. The van der Waals surface area contributed by atoms with Gasteiger partial charge in [-0.25, -0.2) is 0 Å². The lowest BCUT2D eigenvalue weighted by atomic mass is 9.92. The van der Waals surface area contributed by atoms with Crippen molar-refractivity contribution < 1.29 is 5.11 Å². The lowest BCUT2D eigenvalue weighted by Gasteiger charge is -2.20. The molecule has 0 radical (unpaired) electrons. The van der Waals surface area contributed by atoms with Crippen LogP contribution in [0.15, 0.2) is 5.51 Å². The predicted molar refractivity (Wildman–Crippen MR) is 49.2 cm³/mol. The van der Waals surface area contributed by atoms with E-state index in [9.17, 15) is 5.11 Å². The van der Waals surface area contributed by atoms with Gasteiger partial charge in [-0.1, -0.05) is 13.8 Å². The Morgan fingerprint density at radius 1 is 1.42 bits per heavy atom. The summed E-state index contributed by atoms with van der Waals surface area (Å²) in [5, 5.41) is 18.2. The zero-order valence-corrected chi connectivity index (χ0v) is 8.38. The van der Waals surface area contributed by atoms with E-state index in [1.165, 1.54) is 11.3 Å². The highest BCUT2D eigenvalue weighted by atomic mass is 32.1. The first-order valence-electron chi connectivity index (χ1n) is 4.07. The quantitative estimate of drug-likeness (QED) is 0.781. The fraction of sp³-hybridized carbons (Fsp3) is 0.750. The highest BCUT2D eigenvalue weighted by Gasteiger charge is 2.23. The van der Waals surface area contributed by atoms with Crippen LogP contribution in [-0.2, 0) is 0 Å². The van der Waals surface area contributed by atoms with Gasteiger partial charge in [-0.2, -0.15) is 0 Å². The molecule has 0 saturated heterocycles. The lowest BCUT2D eigenvalue weighted by Crippen LogP contribution is -2.19. The summed E-state index contributed by atoms with van der Waals surface area (Å²) >= 11 is 1.51. The van der Waals surface area contributed by atoms with E-state index in [-0.39, 0.29) is 12.0 Å². The van der Waals surface area contributed by atoms with Crippen LogP contribution in [0.25, 0.3) is 0 Å². The smallest absolute Gasteiger partial charge is 0.123 e. The Kier molecular flexibility index (Phi) is 3.17. The summed E-state index contributed by atoms with van der Waals surface area (Å²) in [6.07, 6.45) is -0.349. The highest BCUT2D eigenvalue weighted by molar-refractivity contribution is 7.09. The van der Waals surface area contributed by atoms with Gasteiger partial charge in [-0.3, -0.25) is 0 Å². The number of aliphatic hydroxyl groups excluding tert-OH is 1. The van der Waals surface area contributed by atoms with E-state index in [2.05, 4.69) is 24.0 Å². The van der Waals surface area contributed by atoms with Crippen LogP contribution in [-0.4, -0.2) is 21.4 Å². The second-order valence-corrected chi connectivity index (χ2v) is 4.15. The molecule has 1 N–H and O–H groups in total. The van der Waals surface area contributed by atoms with Gasteiger partial charge in [0.15, 0.2) is 0 Å². The SMILES string of the molecule is CC(C)C(c1nncs1)C(C)O. The van der Waals surface area contributed by atoms with Gasteiger partial charge in [0.25, 0.3) is 0 Å². The van der Waals surface area contributed by atoms with Crippen LogP contribution >= 0.6 is 11.3 Å². The molecule has 0 aliphatic rings. The molecule has 0 aliphatic carbocycles. The zero-order chi connectivity index (χ0) is 9.14. The van der Waals surface area contributed by atoms with Crippen LogP contribution in [0.4, 0.5) is 0 Å². The van der Waals surface area contributed by atoms with Crippen LogP contribution in [0.1, 0.15) is 31.7 Å². The number of aliphatic hydroxyl groups is 1. The highest BCUT2D eigenvalue weighted by Crippen LogP contribution is 2.28. The summed E-state index contributed by atoms with van der Waals surface area (Å²) in [6, 6.07) is 0. The van der Waals surface area contributed by atoms with Crippen LogP contribution in [0, 0.1) is 5.92 Å². The van der Waals surface area contributed by atoms with Crippen LogP contribution in [0.2, 0.25) is 0 Å². The minimum absolute atomic E-state index is 0.123. The Morgan fingerprint density at radius 2 is 2.08 bits per heavy atom. The van der Waals surface area contributed by atoms with E-state index in [4.69, 9.17) is 0 Å². The first-order valence-corrected chi connectivity index (χ1v) is 4.95. The number of hydrogen-bond donors (Lipinski definition) is 1. The van der Waals surface area contributed by atoms with Gasteiger partial charge in [-0.05, 0) is 12.8 Å². The van der Waals surface area contributed by atoms with Crippen LogP contribution < -0.4 is 0 Å². The molecule has 1 aromatic rings. The standard InChI is InChI=1S/C8H14N2OS/c1-5(2)7(6(3)11)8-10-9-4-12-8/h4-7,11H,1-3H3. The molecule has 0 fully saturated rings. The number of hydrogen-bond acceptors (Lipinski definition) is 4. The molecule has 0 saturated carbocycles. The largest absolute Gasteiger partial charge is 0.393 e. The zero-order valence-electron chi connectivity index (χ0n) is 7.56. The molecule has 2 unspecified atom stereocenters. The van der Waals surface area contributed by atoms with Crippen molar-refractivity contribution in [2.45, 2.75) is 32.8 Å². The van der Waals surface area contributed by atoms with Gasteiger partial charge in [0.2, 0.25) is 0 Å². The first-order chi connectivity index (χ1) is 5.63.